The molecule has 0 bridgehead atoms. The maximum Gasteiger partial charge on any atom is 0.322 e. The molecule has 0 radical (unpaired) electrons. The van der Waals surface area contributed by atoms with Gasteiger partial charge in [0.1, 0.15) is 5.75 Å². The van der Waals surface area contributed by atoms with Crippen LogP contribution >= 0.6 is 11.3 Å². The number of nitrogens with one attached hydrogen (secondary N) is 2. The summed E-state index contributed by atoms with van der Waals surface area (Å²) in [7, 11) is 1.61. The number of hydrogen-bond acceptors (Lipinski definition) is 7. The minimum atomic E-state index is -1.31. The maximum atomic E-state index is 13.0. The van der Waals surface area contributed by atoms with Gasteiger partial charge in [0.15, 0.2) is 5.54 Å². The quantitative estimate of drug-likeness (QED) is 0.359. The molecule has 1 atom stereocenters. The molecule has 1 aliphatic heterocycles. The highest BCUT2D eigenvalue weighted by molar-refractivity contribution is 7.15. The molecule has 3 amide bonds. The highest BCUT2D eigenvalue weighted by atomic mass is 32.1. The van der Waals surface area contributed by atoms with E-state index in [2.05, 4.69) is 15.6 Å². The molecule has 0 saturated carbocycles. The first kappa shape index (κ1) is 21.9. The van der Waals surface area contributed by atoms with Crippen molar-refractivity contribution in [1.82, 2.24) is 20.5 Å². The van der Waals surface area contributed by atoms with Crippen LogP contribution < -0.4 is 15.4 Å². The molecular weight excluding hydrogens is 428 g/mol. The second-order valence-electron chi connectivity index (χ2n) is 7.61. The molecule has 9 heteroatoms. The van der Waals surface area contributed by atoms with Crippen LogP contribution in [0.2, 0.25) is 0 Å². The third-order valence-corrected chi connectivity index (χ3v) is 6.76. The summed E-state index contributed by atoms with van der Waals surface area (Å²) in [6.45, 7) is 2.19. The molecule has 0 spiro atoms. The molecule has 1 aromatic carbocycles. The Morgan fingerprint density at radius 3 is 2.66 bits per heavy atom. The summed E-state index contributed by atoms with van der Waals surface area (Å²) < 4.78 is 5.26. The van der Waals surface area contributed by atoms with Crippen LogP contribution in [-0.4, -0.2) is 47.3 Å². The van der Waals surface area contributed by atoms with Crippen LogP contribution in [0.3, 0.4) is 0 Å². The largest absolute Gasteiger partial charge is 0.497 e. The lowest BCUT2D eigenvalue weighted by Crippen LogP contribution is -2.52. The SMILES string of the molecule is COc1ccc(CN(CO)CC2(c3ccc(-c4ccccn4)s3)NC(=O)NC2=O)c(C)c1. The normalized spacial score (nSPS) is 18.0. The Labute approximate surface area is 189 Å². The van der Waals surface area contributed by atoms with Gasteiger partial charge in [0.25, 0.3) is 5.91 Å². The molecule has 3 aromatic rings. The van der Waals surface area contributed by atoms with Crippen LogP contribution in [0.5, 0.6) is 5.75 Å². The van der Waals surface area contributed by atoms with E-state index in [4.69, 9.17) is 4.74 Å². The number of benzene rings is 1. The Hall–Kier alpha value is -3.27. The molecule has 4 rings (SSSR count). The lowest BCUT2D eigenvalue weighted by molar-refractivity contribution is -0.125. The second kappa shape index (κ2) is 9.07. The van der Waals surface area contributed by atoms with E-state index in [1.807, 2.05) is 55.5 Å². The van der Waals surface area contributed by atoms with Crippen molar-refractivity contribution in [3.63, 3.8) is 0 Å². The summed E-state index contributed by atoms with van der Waals surface area (Å²) >= 11 is 1.39. The number of imide groups is 1. The van der Waals surface area contributed by atoms with Crippen molar-refractivity contribution in [3.05, 3.63) is 70.7 Å². The number of ether oxygens (including phenoxy) is 1. The topological polar surface area (TPSA) is 104 Å². The number of pyridine rings is 1. The van der Waals surface area contributed by atoms with E-state index in [0.717, 1.165) is 27.4 Å². The Morgan fingerprint density at radius 2 is 2.03 bits per heavy atom. The van der Waals surface area contributed by atoms with Gasteiger partial charge >= 0.3 is 6.03 Å². The lowest BCUT2D eigenvalue weighted by atomic mass is 9.96. The van der Waals surface area contributed by atoms with Gasteiger partial charge in [0.2, 0.25) is 0 Å². The summed E-state index contributed by atoms with van der Waals surface area (Å²) in [4.78, 5) is 32.7. The van der Waals surface area contributed by atoms with Gasteiger partial charge in [-0.15, -0.1) is 11.3 Å². The first-order chi connectivity index (χ1) is 15.4. The van der Waals surface area contributed by atoms with E-state index in [1.54, 1.807) is 18.2 Å². The van der Waals surface area contributed by atoms with Crippen LogP contribution in [0, 0.1) is 6.92 Å². The van der Waals surface area contributed by atoms with Crippen molar-refractivity contribution >= 4 is 23.3 Å². The van der Waals surface area contributed by atoms with E-state index in [-0.39, 0.29) is 13.3 Å². The number of urea groups is 1. The van der Waals surface area contributed by atoms with Crippen LogP contribution in [0.25, 0.3) is 10.6 Å². The predicted molar refractivity (Wildman–Crippen MR) is 121 cm³/mol. The number of carbonyl (C=O) groups excluding carboxylic acids is 2. The third-order valence-electron chi connectivity index (χ3n) is 5.49. The monoisotopic (exact) mass is 452 g/mol. The number of methoxy groups -OCH3 is 1. The van der Waals surface area contributed by atoms with Crippen molar-refractivity contribution in [2.45, 2.75) is 19.0 Å². The third kappa shape index (κ3) is 4.22. The van der Waals surface area contributed by atoms with Crippen molar-refractivity contribution < 1.29 is 19.4 Å². The molecule has 8 nitrogen and oxygen atoms in total. The number of aliphatic hydroxyl groups is 1. The van der Waals surface area contributed by atoms with E-state index in [9.17, 15) is 14.7 Å². The van der Waals surface area contributed by atoms with Crippen LogP contribution in [-0.2, 0) is 16.9 Å². The van der Waals surface area contributed by atoms with Gasteiger partial charge in [-0.2, -0.15) is 0 Å². The molecule has 1 aliphatic rings. The molecule has 32 heavy (non-hydrogen) atoms. The minimum Gasteiger partial charge on any atom is -0.497 e. The summed E-state index contributed by atoms with van der Waals surface area (Å²) in [6.07, 6.45) is 1.71. The number of hydrogen-bond donors (Lipinski definition) is 3. The molecular formula is C23H24N4O4S. The molecule has 1 fully saturated rings. The Balaban J connectivity index is 1.64. The van der Waals surface area contributed by atoms with Gasteiger partial charge in [-0.1, -0.05) is 12.1 Å². The fourth-order valence-corrected chi connectivity index (χ4v) is 4.89. The van der Waals surface area contributed by atoms with Crippen LogP contribution in [0.4, 0.5) is 4.79 Å². The Kier molecular flexibility index (Phi) is 6.22. The Bertz CT molecular complexity index is 1130. The number of aryl methyl sites for hydroxylation is 1. The van der Waals surface area contributed by atoms with E-state index in [0.29, 0.717) is 11.4 Å². The number of thiophene rings is 1. The van der Waals surface area contributed by atoms with E-state index >= 15 is 0 Å². The van der Waals surface area contributed by atoms with Crippen LogP contribution in [0.1, 0.15) is 16.0 Å². The van der Waals surface area contributed by atoms with Gasteiger partial charge in [-0.05, 0) is 54.4 Å². The number of nitrogens with zero attached hydrogens (tertiary/aromatic N) is 2. The smallest absolute Gasteiger partial charge is 0.322 e. The summed E-state index contributed by atoms with van der Waals surface area (Å²) in [6, 6.07) is 14.5. The number of amides is 3. The van der Waals surface area contributed by atoms with E-state index < -0.39 is 17.5 Å². The van der Waals surface area contributed by atoms with Crippen molar-refractivity contribution in [2.24, 2.45) is 0 Å². The van der Waals surface area contributed by atoms with Gasteiger partial charge in [0, 0.05) is 24.2 Å². The van der Waals surface area contributed by atoms with Gasteiger partial charge < -0.3 is 15.2 Å². The molecule has 1 unspecified atom stereocenters. The first-order valence-electron chi connectivity index (χ1n) is 10.1. The molecule has 0 aliphatic carbocycles. The highest BCUT2D eigenvalue weighted by Gasteiger charge is 2.49. The predicted octanol–water partition coefficient (Wildman–Crippen LogP) is 2.61. The second-order valence-corrected chi connectivity index (χ2v) is 8.70. The average Bonchev–Trinajstić information content (AvgIpc) is 3.40. The maximum absolute atomic E-state index is 13.0. The molecule has 166 valence electrons. The van der Waals surface area contributed by atoms with Crippen LogP contribution in [0.15, 0.2) is 54.7 Å². The first-order valence-corrected chi connectivity index (χ1v) is 10.9. The fourth-order valence-electron chi connectivity index (χ4n) is 3.77. The zero-order chi connectivity index (χ0) is 22.7. The summed E-state index contributed by atoms with van der Waals surface area (Å²) in [5, 5.41) is 15.2. The lowest BCUT2D eigenvalue weighted by Gasteiger charge is -2.31. The zero-order valence-electron chi connectivity index (χ0n) is 17.8. The zero-order valence-corrected chi connectivity index (χ0v) is 18.6. The minimum absolute atomic E-state index is 0.106. The van der Waals surface area contributed by atoms with Gasteiger partial charge in [-0.25, -0.2) is 4.79 Å². The standard InChI is InChI=1S/C23H24N4O4S/c1-15-11-17(31-2)7-6-16(15)12-27(14-28)13-23(21(29)25-22(30)26-23)20-9-8-19(32-20)18-5-3-4-10-24-18/h3-11,28H,12-14H2,1-2H3,(H2,25,26,29,30). The number of carbonyl (C=O) groups is 2. The summed E-state index contributed by atoms with van der Waals surface area (Å²) in [5.41, 5.74) is 1.47. The fraction of sp³-hybridized carbons (Fsp3) is 0.261. The number of aliphatic hydroxyl groups excluding tert-OH is 1. The van der Waals surface area contributed by atoms with Crippen molar-refractivity contribution in [1.29, 1.82) is 0 Å². The number of rotatable bonds is 8. The average molecular weight is 453 g/mol. The number of aromatic nitrogens is 1. The summed E-state index contributed by atoms with van der Waals surface area (Å²) in [5.74, 6) is 0.308. The highest BCUT2D eigenvalue weighted by Crippen LogP contribution is 2.36. The van der Waals surface area contributed by atoms with Gasteiger partial charge in [0.05, 0.1) is 24.4 Å². The molecule has 3 N–H and O–H groups in total. The van der Waals surface area contributed by atoms with Crippen molar-refractivity contribution in [2.75, 3.05) is 20.4 Å². The molecule has 2 aromatic heterocycles. The van der Waals surface area contributed by atoms with E-state index in [1.165, 1.54) is 11.3 Å². The molecule has 3 heterocycles. The molecule has 1 saturated heterocycles. The van der Waals surface area contributed by atoms with Gasteiger partial charge in [-0.3, -0.25) is 20.0 Å². The van der Waals surface area contributed by atoms with Crippen molar-refractivity contribution in [3.8, 4) is 16.3 Å². The Morgan fingerprint density at radius 1 is 1.19 bits per heavy atom.